The molecule has 0 unspecified atom stereocenters. The quantitative estimate of drug-likeness (QED) is 0.472. The first-order chi connectivity index (χ1) is 7.60. The third-order valence-corrected chi connectivity index (χ3v) is 3.58. The van der Waals surface area contributed by atoms with E-state index >= 15 is 0 Å². The number of hydrogen-bond donors (Lipinski definition) is 1. The highest BCUT2D eigenvalue weighted by atomic mass is 32.2. The van der Waals surface area contributed by atoms with Crippen LogP contribution in [-0.4, -0.2) is 49.9 Å². The molecule has 0 aliphatic heterocycles. The molecule has 0 bridgehead atoms. The van der Waals surface area contributed by atoms with Gasteiger partial charge in [0.05, 0.1) is 32.4 Å². The Balaban J connectivity index is 0. The van der Waals surface area contributed by atoms with Gasteiger partial charge in [-0.3, -0.25) is 4.55 Å². The van der Waals surface area contributed by atoms with Crippen molar-refractivity contribution in [2.75, 3.05) is 32.4 Å². The Kier molecular flexibility index (Phi) is 9.66. The van der Waals surface area contributed by atoms with Crippen molar-refractivity contribution in [1.29, 1.82) is 0 Å². The molecular formula is C12H28NO3S+. The van der Waals surface area contributed by atoms with E-state index < -0.39 is 10.1 Å². The van der Waals surface area contributed by atoms with Gasteiger partial charge in [-0.2, -0.15) is 8.42 Å². The topological polar surface area (TPSA) is 54.4 Å². The summed E-state index contributed by atoms with van der Waals surface area (Å²) < 4.78 is 29.5. The molecule has 104 valence electrons. The lowest BCUT2D eigenvalue weighted by Crippen LogP contribution is -2.42. The lowest BCUT2D eigenvalue weighted by molar-refractivity contribution is -0.904. The minimum absolute atomic E-state index is 0.282. The molecule has 0 heterocycles. The molecule has 1 N–H and O–H groups in total. The Morgan fingerprint density at radius 3 is 1.53 bits per heavy atom. The summed E-state index contributed by atoms with van der Waals surface area (Å²) in [5.41, 5.74) is 0.882. The molecule has 0 atom stereocenters. The van der Waals surface area contributed by atoms with Crippen LogP contribution in [0.15, 0.2) is 11.6 Å². The lowest BCUT2D eigenvalue weighted by atomic mass is 10.3. The van der Waals surface area contributed by atoms with Crippen LogP contribution >= 0.6 is 0 Å². The Bertz CT molecular complexity index is 304. The van der Waals surface area contributed by atoms with Gasteiger partial charge in [0.1, 0.15) is 0 Å². The maximum atomic E-state index is 10.0. The summed E-state index contributed by atoms with van der Waals surface area (Å²) in [6.07, 6.45) is 1.45. The highest BCUT2D eigenvalue weighted by molar-refractivity contribution is 7.85. The molecule has 0 spiro atoms. The van der Waals surface area contributed by atoms with Crippen molar-refractivity contribution in [3.63, 3.8) is 0 Å². The summed E-state index contributed by atoms with van der Waals surface area (Å²) >= 11 is 0. The third-order valence-electron chi connectivity index (χ3n) is 2.99. The maximum absolute atomic E-state index is 10.0. The molecule has 0 amide bonds. The molecule has 0 rings (SSSR count). The van der Waals surface area contributed by atoms with Crippen LogP contribution in [0.1, 0.15) is 34.6 Å². The van der Waals surface area contributed by atoms with Gasteiger partial charge in [-0.15, -0.1) is 0 Å². The summed E-state index contributed by atoms with van der Waals surface area (Å²) in [5, 5.41) is 0. The van der Waals surface area contributed by atoms with E-state index in [0.29, 0.717) is 0 Å². The zero-order valence-electron chi connectivity index (χ0n) is 12.0. The van der Waals surface area contributed by atoms with Crippen molar-refractivity contribution in [2.24, 2.45) is 0 Å². The first kappa shape index (κ1) is 19.0. The van der Waals surface area contributed by atoms with Crippen LogP contribution in [0.25, 0.3) is 0 Å². The molecule has 4 nitrogen and oxygen atoms in total. The van der Waals surface area contributed by atoms with Gasteiger partial charge in [-0.1, -0.05) is 11.6 Å². The van der Waals surface area contributed by atoms with E-state index in [1.165, 1.54) is 30.2 Å². The van der Waals surface area contributed by atoms with Gasteiger partial charge in [0.2, 0.25) is 0 Å². The molecule has 0 radical (unpaired) electrons. The average molecular weight is 266 g/mol. The molecule has 17 heavy (non-hydrogen) atoms. The van der Waals surface area contributed by atoms with E-state index in [4.69, 9.17) is 4.55 Å². The number of quaternary nitrogens is 1. The van der Waals surface area contributed by atoms with E-state index in [0.717, 1.165) is 5.57 Å². The Morgan fingerprint density at radius 2 is 1.47 bits per heavy atom. The second kappa shape index (κ2) is 8.66. The second-order valence-electron chi connectivity index (χ2n) is 4.60. The van der Waals surface area contributed by atoms with Gasteiger partial charge in [0.25, 0.3) is 10.1 Å². The Labute approximate surface area is 107 Å². The van der Waals surface area contributed by atoms with Crippen LogP contribution in [0.4, 0.5) is 0 Å². The fourth-order valence-electron chi connectivity index (χ4n) is 0.943. The Hall–Kier alpha value is -0.390. The second-order valence-corrected chi connectivity index (χ2v) is 6.10. The third kappa shape index (κ3) is 13.5. The minimum atomic E-state index is -3.80. The van der Waals surface area contributed by atoms with Crippen LogP contribution in [-0.2, 0) is 10.1 Å². The van der Waals surface area contributed by atoms with Crippen molar-refractivity contribution in [1.82, 2.24) is 0 Å². The molecule has 0 aromatic heterocycles. The van der Waals surface area contributed by atoms with Gasteiger partial charge in [-0.05, 0) is 34.6 Å². The SMILES string of the molecule is CC(C)=CCS(=O)(=O)O.CC[N+](C)(CC)CC. The van der Waals surface area contributed by atoms with Gasteiger partial charge in [0, 0.05) is 0 Å². The molecule has 0 aromatic rings. The van der Waals surface area contributed by atoms with Crippen molar-refractivity contribution in [2.45, 2.75) is 34.6 Å². The Morgan fingerprint density at radius 1 is 1.12 bits per heavy atom. The van der Waals surface area contributed by atoms with Gasteiger partial charge in [-0.25, -0.2) is 0 Å². The first-order valence-electron chi connectivity index (χ1n) is 6.02. The summed E-state index contributed by atoms with van der Waals surface area (Å²) in [6.45, 7) is 14.0. The van der Waals surface area contributed by atoms with Gasteiger partial charge in [0.15, 0.2) is 0 Å². The zero-order chi connectivity index (χ0) is 14.1. The minimum Gasteiger partial charge on any atom is -0.327 e. The van der Waals surface area contributed by atoms with Crippen LogP contribution in [0.2, 0.25) is 0 Å². The van der Waals surface area contributed by atoms with Crippen LogP contribution in [0.3, 0.4) is 0 Å². The van der Waals surface area contributed by atoms with Crippen molar-refractivity contribution in [3.05, 3.63) is 11.6 Å². The number of allylic oxidation sites excluding steroid dienone is 1. The summed E-state index contributed by atoms with van der Waals surface area (Å²) in [4.78, 5) is 0. The fourth-order valence-corrected chi connectivity index (χ4v) is 1.49. The normalized spacial score (nSPS) is 11.5. The van der Waals surface area contributed by atoms with Crippen molar-refractivity contribution >= 4 is 10.1 Å². The molecule has 0 aliphatic rings. The molecule has 0 aliphatic carbocycles. The van der Waals surface area contributed by atoms with E-state index in [9.17, 15) is 8.42 Å². The zero-order valence-corrected chi connectivity index (χ0v) is 12.8. The number of hydrogen-bond acceptors (Lipinski definition) is 2. The summed E-state index contributed by atoms with van der Waals surface area (Å²) in [5.74, 6) is -0.282. The van der Waals surface area contributed by atoms with E-state index in [1.54, 1.807) is 13.8 Å². The monoisotopic (exact) mass is 266 g/mol. The molecule has 0 saturated carbocycles. The molecular weight excluding hydrogens is 238 g/mol. The largest absolute Gasteiger partial charge is 0.327 e. The number of rotatable bonds is 5. The first-order valence-corrected chi connectivity index (χ1v) is 7.63. The fraction of sp³-hybridized carbons (Fsp3) is 0.833. The lowest BCUT2D eigenvalue weighted by Gasteiger charge is -2.30. The molecule has 0 fully saturated rings. The summed E-state index contributed by atoms with van der Waals surface area (Å²) in [7, 11) is -1.50. The predicted octanol–water partition coefficient (Wildman–Crippen LogP) is 2.33. The van der Waals surface area contributed by atoms with E-state index in [1.807, 2.05) is 0 Å². The smallest absolute Gasteiger partial charge is 0.268 e. The number of nitrogens with zero attached hydrogens (tertiary/aromatic N) is 1. The standard InChI is InChI=1S/C7H18N.C5H10O3S/c1-5-8(4,6-2)7-3;1-5(2)3-4-9(6,7)8/h5-7H2,1-4H3;3H,4H2,1-2H3,(H,6,7,8)/q+1;. The molecule has 0 saturated heterocycles. The van der Waals surface area contributed by atoms with Crippen molar-refractivity contribution < 1.29 is 17.5 Å². The van der Waals surface area contributed by atoms with Gasteiger partial charge >= 0.3 is 0 Å². The average Bonchev–Trinajstić information content (AvgIpc) is 2.25. The van der Waals surface area contributed by atoms with Crippen molar-refractivity contribution in [3.8, 4) is 0 Å². The summed E-state index contributed by atoms with van der Waals surface area (Å²) in [6, 6.07) is 0. The molecule has 0 aromatic carbocycles. The predicted molar refractivity (Wildman–Crippen MR) is 73.7 cm³/mol. The highest BCUT2D eigenvalue weighted by Gasteiger charge is 2.10. The maximum Gasteiger partial charge on any atom is 0.268 e. The van der Waals surface area contributed by atoms with Crippen LogP contribution in [0, 0.1) is 0 Å². The highest BCUT2D eigenvalue weighted by Crippen LogP contribution is 1.97. The van der Waals surface area contributed by atoms with E-state index in [-0.39, 0.29) is 5.75 Å². The van der Waals surface area contributed by atoms with Crippen LogP contribution < -0.4 is 0 Å². The van der Waals surface area contributed by atoms with Gasteiger partial charge < -0.3 is 4.48 Å². The van der Waals surface area contributed by atoms with Crippen LogP contribution in [0.5, 0.6) is 0 Å². The van der Waals surface area contributed by atoms with E-state index in [2.05, 4.69) is 27.8 Å². The molecule has 5 heteroatoms.